The van der Waals surface area contributed by atoms with Crippen LogP contribution in [0.15, 0.2) is 54.6 Å². The van der Waals surface area contributed by atoms with E-state index in [2.05, 4.69) is 20.6 Å². The van der Waals surface area contributed by atoms with E-state index in [1.165, 1.54) is 12.1 Å². The molecule has 1 heterocycles. The van der Waals surface area contributed by atoms with E-state index in [1.54, 1.807) is 12.1 Å². The lowest BCUT2D eigenvalue weighted by Gasteiger charge is -2.14. The Bertz CT molecular complexity index is 845. The van der Waals surface area contributed by atoms with Crippen LogP contribution in [-0.2, 0) is 0 Å². The second kappa shape index (κ2) is 7.17. The van der Waals surface area contributed by atoms with Gasteiger partial charge in [-0.25, -0.2) is 9.37 Å². The average molecular weight is 337 g/mol. The molecule has 2 aromatic carbocycles. The highest BCUT2D eigenvalue weighted by Gasteiger charge is 2.04. The Balaban J connectivity index is 1.77. The summed E-state index contributed by atoms with van der Waals surface area (Å²) in [4.78, 5) is 10.9. The number of anilines is 5. The summed E-state index contributed by atoms with van der Waals surface area (Å²) >= 11 is 0. The maximum absolute atomic E-state index is 13.0. The van der Waals surface area contributed by atoms with Gasteiger partial charge >= 0.3 is 0 Å². The molecule has 0 amide bonds. The van der Waals surface area contributed by atoms with Crippen LogP contribution in [0.4, 0.5) is 33.2 Å². The number of nitrogens with one attached hydrogen (secondary N) is 2. The first-order chi connectivity index (χ1) is 12.0. The number of aryl methyl sites for hydroxylation is 1. The third kappa shape index (κ3) is 4.44. The lowest BCUT2D eigenvalue weighted by molar-refractivity contribution is 0.628. The second-order valence-electron chi connectivity index (χ2n) is 5.92. The number of hydrogen-bond acceptors (Lipinski definition) is 5. The molecule has 25 heavy (non-hydrogen) atoms. The lowest BCUT2D eigenvalue weighted by Crippen LogP contribution is -2.08. The highest BCUT2D eigenvalue weighted by Crippen LogP contribution is 2.21. The third-order valence-corrected chi connectivity index (χ3v) is 3.61. The maximum atomic E-state index is 13.0. The second-order valence-corrected chi connectivity index (χ2v) is 5.92. The molecule has 1 aromatic heterocycles. The SMILES string of the molecule is Cc1cc(Nc2ccc(N(C)C)cc2)nc(Nc2ccc(F)cc2)n1. The van der Waals surface area contributed by atoms with Gasteiger partial charge in [-0.2, -0.15) is 4.98 Å². The lowest BCUT2D eigenvalue weighted by atomic mass is 10.2. The van der Waals surface area contributed by atoms with Crippen molar-refractivity contribution in [1.82, 2.24) is 9.97 Å². The summed E-state index contributed by atoms with van der Waals surface area (Å²) in [5, 5.41) is 6.36. The monoisotopic (exact) mass is 337 g/mol. The first kappa shape index (κ1) is 16.7. The summed E-state index contributed by atoms with van der Waals surface area (Å²) in [7, 11) is 4.01. The summed E-state index contributed by atoms with van der Waals surface area (Å²) in [6.07, 6.45) is 0. The van der Waals surface area contributed by atoms with Crippen LogP contribution < -0.4 is 15.5 Å². The van der Waals surface area contributed by atoms with Crippen LogP contribution in [-0.4, -0.2) is 24.1 Å². The Morgan fingerprint density at radius 1 is 0.840 bits per heavy atom. The molecule has 128 valence electrons. The van der Waals surface area contributed by atoms with E-state index in [9.17, 15) is 4.39 Å². The van der Waals surface area contributed by atoms with Crippen LogP contribution in [0.5, 0.6) is 0 Å². The van der Waals surface area contributed by atoms with Crippen molar-refractivity contribution in [2.45, 2.75) is 6.92 Å². The zero-order valence-electron chi connectivity index (χ0n) is 14.4. The van der Waals surface area contributed by atoms with Crippen LogP contribution in [0.2, 0.25) is 0 Å². The Hall–Kier alpha value is -3.15. The number of benzene rings is 2. The topological polar surface area (TPSA) is 53.1 Å². The van der Waals surface area contributed by atoms with Crippen molar-refractivity contribution in [2.24, 2.45) is 0 Å². The van der Waals surface area contributed by atoms with E-state index >= 15 is 0 Å². The van der Waals surface area contributed by atoms with E-state index in [4.69, 9.17) is 0 Å². The van der Waals surface area contributed by atoms with Gasteiger partial charge in [-0.3, -0.25) is 0 Å². The molecule has 3 rings (SSSR count). The van der Waals surface area contributed by atoms with Gasteiger partial charge in [0.25, 0.3) is 0 Å². The fourth-order valence-corrected chi connectivity index (χ4v) is 2.34. The van der Waals surface area contributed by atoms with Gasteiger partial charge in [-0.05, 0) is 55.5 Å². The molecule has 0 atom stereocenters. The standard InChI is InChI=1S/C19H20FN5/c1-13-12-18(22-15-8-10-17(11-9-15)25(2)3)24-19(21-13)23-16-6-4-14(20)5-7-16/h4-12H,1-3H3,(H2,21,22,23,24). The summed E-state index contributed by atoms with van der Waals surface area (Å²) in [5.41, 5.74) is 3.62. The van der Waals surface area contributed by atoms with Gasteiger partial charge in [0.2, 0.25) is 5.95 Å². The Morgan fingerprint density at radius 2 is 1.44 bits per heavy atom. The molecule has 2 N–H and O–H groups in total. The van der Waals surface area contributed by atoms with E-state index < -0.39 is 0 Å². The number of rotatable bonds is 5. The molecule has 0 saturated heterocycles. The molecule has 0 saturated carbocycles. The number of aromatic nitrogens is 2. The zero-order chi connectivity index (χ0) is 17.8. The number of nitrogens with zero attached hydrogens (tertiary/aromatic N) is 3. The molecule has 0 aliphatic carbocycles. The van der Waals surface area contributed by atoms with Crippen LogP contribution in [0, 0.1) is 12.7 Å². The maximum Gasteiger partial charge on any atom is 0.229 e. The minimum Gasteiger partial charge on any atom is -0.378 e. The largest absolute Gasteiger partial charge is 0.378 e. The van der Waals surface area contributed by atoms with Gasteiger partial charge in [-0.15, -0.1) is 0 Å². The fraction of sp³-hybridized carbons (Fsp3) is 0.158. The van der Waals surface area contributed by atoms with Crippen molar-refractivity contribution in [1.29, 1.82) is 0 Å². The molecule has 0 aliphatic heterocycles. The molecule has 0 radical (unpaired) electrons. The minimum atomic E-state index is -0.278. The van der Waals surface area contributed by atoms with Gasteiger partial charge < -0.3 is 15.5 Å². The third-order valence-electron chi connectivity index (χ3n) is 3.61. The summed E-state index contributed by atoms with van der Waals surface area (Å²) in [6, 6.07) is 16.0. The smallest absolute Gasteiger partial charge is 0.229 e. The Labute approximate surface area is 146 Å². The van der Waals surface area contributed by atoms with Crippen molar-refractivity contribution < 1.29 is 4.39 Å². The zero-order valence-corrected chi connectivity index (χ0v) is 14.4. The molecule has 5 nitrogen and oxygen atoms in total. The molecule has 0 fully saturated rings. The minimum absolute atomic E-state index is 0.278. The van der Waals surface area contributed by atoms with Gasteiger partial charge in [0.05, 0.1) is 0 Å². The van der Waals surface area contributed by atoms with Crippen molar-refractivity contribution >= 4 is 28.8 Å². The molecule has 6 heteroatoms. The Kier molecular flexibility index (Phi) is 4.79. The molecule has 0 unspecified atom stereocenters. The first-order valence-electron chi connectivity index (χ1n) is 7.92. The van der Waals surface area contributed by atoms with Gasteiger partial charge in [-0.1, -0.05) is 0 Å². The first-order valence-corrected chi connectivity index (χ1v) is 7.92. The van der Waals surface area contributed by atoms with E-state index in [0.717, 1.165) is 22.8 Å². The van der Waals surface area contributed by atoms with Crippen molar-refractivity contribution in [3.05, 3.63) is 66.1 Å². The van der Waals surface area contributed by atoms with Crippen LogP contribution in [0.25, 0.3) is 0 Å². The number of halogens is 1. The predicted octanol–water partition coefficient (Wildman–Crippen LogP) is 4.48. The van der Waals surface area contributed by atoms with Gasteiger partial charge in [0.15, 0.2) is 0 Å². The highest BCUT2D eigenvalue weighted by atomic mass is 19.1. The fourth-order valence-electron chi connectivity index (χ4n) is 2.34. The van der Waals surface area contributed by atoms with Crippen molar-refractivity contribution in [2.75, 3.05) is 29.6 Å². The molecular formula is C19H20FN5. The summed E-state index contributed by atoms with van der Waals surface area (Å²) < 4.78 is 13.0. The van der Waals surface area contributed by atoms with E-state index in [1.807, 2.05) is 56.3 Å². The van der Waals surface area contributed by atoms with Crippen molar-refractivity contribution in [3.63, 3.8) is 0 Å². The quantitative estimate of drug-likeness (QED) is 0.719. The van der Waals surface area contributed by atoms with Crippen LogP contribution in [0.1, 0.15) is 5.69 Å². The molecular weight excluding hydrogens is 317 g/mol. The van der Waals surface area contributed by atoms with Crippen molar-refractivity contribution in [3.8, 4) is 0 Å². The van der Waals surface area contributed by atoms with Crippen LogP contribution >= 0.6 is 0 Å². The molecule has 0 aliphatic rings. The average Bonchev–Trinajstić information content (AvgIpc) is 2.57. The van der Waals surface area contributed by atoms with Crippen LogP contribution in [0.3, 0.4) is 0 Å². The van der Waals surface area contributed by atoms with Gasteiger partial charge in [0, 0.05) is 42.9 Å². The summed E-state index contributed by atoms with van der Waals surface area (Å²) in [5.74, 6) is 0.868. The predicted molar refractivity (Wildman–Crippen MR) is 101 cm³/mol. The van der Waals surface area contributed by atoms with E-state index in [0.29, 0.717) is 11.8 Å². The molecule has 3 aromatic rings. The Morgan fingerprint density at radius 3 is 2.08 bits per heavy atom. The highest BCUT2D eigenvalue weighted by molar-refractivity contribution is 5.62. The summed E-state index contributed by atoms with van der Waals surface area (Å²) in [6.45, 7) is 1.90. The van der Waals surface area contributed by atoms with E-state index in [-0.39, 0.29) is 5.82 Å². The number of hydrogen-bond donors (Lipinski definition) is 2. The molecule has 0 spiro atoms. The molecule has 0 bridgehead atoms. The normalized spacial score (nSPS) is 10.4. The van der Waals surface area contributed by atoms with Gasteiger partial charge in [0.1, 0.15) is 11.6 Å².